The molecule has 0 aliphatic heterocycles. The summed E-state index contributed by atoms with van der Waals surface area (Å²) in [4.78, 5) is 0. The maximum atomic E-state index is 2.27. The van der Waals surface area contributed by atoms with Crippen LogP contribution in [0.5, 0.6) is 0 Å². The molecule has 5 radical (unpaired) electrons. The first-order chi connectivity index (χ1) is 35.3. The Hall–Kier alpha value is -6.25. The van der Waals surface area contributed by atoms with Crippen LogP contribution in [0, 0.1) is 25.7 Å². The molecule has 0 aromatic heterocycles. The van der Waals surface area contributed by atoms with Gasteiger partial charge in [0.25, 0.3) is 0 Å². The molecule has 0 saturated heterocycles. The minimum Gasteiger partial charge on any atom is -0.195 e. The molecule has 1 aliphatic rings. The Labute approximate surface area is 446 Å². The third kappa shape index (κ3) is 14.9. The third-order valence-corrected chi connectivity index (χ3v) is 17.5. The molecule has 0 N–H and O–H groups in total. The molecule has 0 bridgehead atoms. The fraction of sp³-hybridized carbons (Fsp3) is 0.0588. The molecule has 0 heterocycles. The first-order valence-electron chi connectivity index (χ1n) is 24.9. The van der Waals surface area contributed by atoms with E-state index in [0.717, 1.165) is 0 Å². The van der Waals surface area contributed by atoms with E-state index in [4.69, 9.17) is 0 Å². The average molecular weight is 1050 g/mol. The van der Waals surface area contributed by atoms with Gasteiger partial charge in [-0.2, -0.15) is 21.9 Å². The Balaban J connectivity index is 0.000000148. The molecular weight excluding hydrogens is 992 g/mol. The summed E-state index contributed by atoms with van der Waals surface area (Å²) in [6, 6.07) is 108. The summed E-state index contributed by atoms with van der Waals surface area (Å²) in [5, 5.41) is 8.39. The van der Waals surface area contributed by atoms with Crippen molar-refractivity contribution < 1.29 is 19.5 Å². The molecule has 10 aromatic rings. The van der Waals surface area contributed by atoms with Crippen LogP contribution in [0.25, 0.3) is 0 Å². The van der Waals surface area contributed by atoms with Crippen LogP contribution < -0.4 is 53.7 Å². The Morgan fingerprint density at radius 3 is 0.486 bits per heavy atom. The molecule has 1 aliphatic carbocycles. The molecule has 72 heavy (non-hydrogen) atoms. The van der Waals surface area contributed by atoms with E-state index in [1.165, 1.54) is 79.4 Å². The maximum Gasteiger partial charge on any atom is 0.108 e. The van der Waals surface area contributed by atoms with Crippen molar-refractivity contribution >= 4 is 75.7 Å². The summed E-state index contributed by atoms with van der Waals surface area (Å²) in [7, 11) is -0.892. The van der Waals surface area contributed by atoms with Gasteiger partial charge in [0.15, 0.2) is 0 Å². The molecular formula is C68H62BP2Rh-. The smallest absolute Gasteiger partial charge is 0.108 e. The zero-order valence-electron chi connectivity index (χ0n) is 40.8. The Morgan fingerprint density at radius 2 is 0.333 bits per heavy atom. The molecule has 11 rings (SSSR count). The first-order valence-corrected chi connectivity index (χ1v) is 27.6. The van der Waals surface area contributed by atoms with Crippen molar-refractivity contribution in [3.63, 3.8) is 0 Å². The SMILES string of the molecule is [CH]1[CH]CC[CH][CH]CC1.[Rh].c1ccc(P(c2ccccc2)c2ccccc2)cc1.c1ccc(P(c2ccccc2)c2ccccc2)cc1.c1ccc([B-](c2ccccc2)(c2ccccc2)c2ccccc2)cc1. The van der Waals surface area contributed by atoms with Gasteiger partial charge < -0.3 is 0 Å². The van der Waals surface area contributed by atoms with E-state index in [2.05, 4.69) is 329 Å². The summed E-state index contributed by atoms with van der Waals surface area (Å²) in [5.74, 6) is 0. The van der Waals surface area contributed by atoms with E-state index in [1.807, 2.05) is 0 Å². The van der Waals surface area contributed by atoms with Gasteiger partial charge in [-0.3, -0.25) is 0 Å². The van der Waals surface area contributed by atoms with Gasteiger partial charge >= 0.3 is 0 Å². The monoisotopic (exact) mass is 1050 g/mol. The maximum absolute atomic E-state index is 2.27. The topological polar surface area (TPSA) is 0 Å². The van der Waals surface area contributed by atoms with Crippen LogP contribution in [-0.2, 0) is 19.5 Å². The van der Waals surface area contributed by atoms with Gasteiger partial charge in [-0.15, -0.1) is 0 Å². The van der Waals surface area contributed by atoms with E-state index in [9.17, 15) is 0 Å². The number of hydrogen-bond acceptors (Lipinski definition) is 0. The predicted octanol–water partition coefficient (Wildman–Crippen LogP) is 12.3. The quantitative estimate of drug-likeness (QED) is 0.0946. The molecule has 1 fully saturated rings. The van der Waals surface area contributed by atoms with Crippen molar-refractivity contribution in [3.05, 3.63) is 329 Å². The minimum atomic E-state index is -1.22. The van der Waals surface area contributed by atoms with Crippen molar-refractivity contribution in [2.75, 3.05) is 0 Å². The van der Waals surface area contributed by atoms with Crippen molar-refractivity contribution in [3.8, 4) is 0 Å². The standard InChI is InChI=1S/C24H20B.2C18H15P.C8H12.Rh/c1-5-13-21(14-6-1)25(22-15-7-2-8-16-22,23-17-9-3-10-18-23)24-19-11-4-12-20-24;2*1-4-10-16(11-5-1)19(17-12-6-2-7-13-17)18-14-8-3-9-15-18;1-2-4-6-8-7-5-3-1;/h1-20H;2*1-15H;1-2,7-8H,3-6H2;/q-1;;;;. The molecule has 1 saturated carbocycles. The second kappa shape index (κ2) is 29.9. The molecule has 357 valence electrons. The molecule has 10 aromatic carbocycles. The molecule has 0 atom stereocenters. The van der Waals surface area contributed by atoms with Crippen LogP contribution >= 0.6 is 15.8 Å². The first kappa shape index (κ1) is 53.5. The number of hydrogen-bond donors (Lipinski definition) is 0. The van der Waals surface area contributed by atoms with E-state index < -0.39 is 22.0 Å². The molecule has 0 amide bonds. The van der Waals surface area contributed by atoms with E-state index in [0.29, 0.717) is 0 Å². The third-order valence-electron chi connectivity index (χ3n) is 12.6. The van der Waals surface area contributed by atoms with Crippen LogP contribution in [0.1, 0.15) is 25.7 Å². The number of benzene rings is 10. The van der Waals surface area contributed by atoms with E-state index in [-0.39, 0.29) is 19.5 Å². The Kier molecular flexibility index (Phi) is 22.3. The van der Waals surface area contributed by atoms with E-state index >= 15 is 0 Å². The average Bonchev–Trinajstić information content (AvgIpc) is 3.45. The van der Waals surface area contributed by atoms with Crippen LogP contribution in [0.3, 0.4) is 0 Å². The Morgan fingerprint density at radius 1 is 0.194 bits per heavy atom. The molecule has 0 nitrogen and oxygen atoms in total. The normalized spacial score (nSPS) is 12.1. The van der Waals surface area contributed by atoms with Gasteiger partial charge in [0.1, 0.15) is 6.15 Å². The summed E-state index contributed by atoms with van der Waals surface area (Å²) in [5.41, 5.74) is 5.36. The fourth-order valence-electron chi connectivity index (χ4n) is 9.33. The summed E-state index contributed by atoms with van der Waals surface area (Å²) in [6.07, 6.45) is 12.8. The summed E-state index contributed by atoms with van der Waals surface area (Å²) in [6.45, 7) is 0. The van der Waals surface area contributed by atoms with Crippen LogP contribution in [-0.4, -0.2) is 6.15 Å². The van der Waals surface area contributed by atoms with Crippen molar-refractivity contribution in [1.82, 2.24) is 0 Å². The minimum absolute atomic E-state index is 0. The second-order valence-corrected chi connectivity index (χ2v) is 21.7. The van der Waals surface area contributed by atoms with Gasteiger partial charge in [-0.25, -0.2) is 0 Å². The van der Waals surface area contributed by atoms with Gasteiger partial charge in [0.05, 0.1) is 0 Å². The summed E-state index contributed by atoms with van der Waals surface area (Å²) < 4.78 is 0. The molecule has 0 spiro atoms. The Bertz CT molecular complexity index is 2440. The van der Waals surface area contributed by atoms with Gasteiger partial charge in [-0.1, -0.05) is 303 Å². The second-order valence-electron chi connectivity index (χ2n) is 17.3. The molecule has 4 heteroatoms. The van der Waals surface area contributed by atoms with E-state index in [1.54, 1.807) is 0 Å². The van der Waals surface area contributed by atoms with Gasteiger partial charge in [-0.05, 0) is 99.0 Å². The van der Waals surface area contributed by atoms with Crippen LogP contribution in [0.4, 0.5) is 0 Å². The van der Waals surface area contributed by atoms with Crippen molar-refractivity contribution in [1.29, 1.82) is 0 Å². The zero-order chi connectivity index (χ0) is 48.4. The van der Waals surface area contributed by atoms with Crippen molar-refractivity contribution in [2.24, 2.45) is 0 Å². The molecule has 0 unspecified atom stereocenters. The van der Waals surface area contributed by atoms with Crippen LogP contribution in [0.2, 0.25) is 0 Å². The van der Waals surface area contributed by atoms with Gasteiger partial charge in [0, 0.05) is 19.5 Å². The predicted molar refractivity (Wildman–Crippen MR) is 316 cm³/mol. The van der Waals surface area contributed by atoms with Crippen molar-refractivity contribution in [2.45, 2.75) is 25.7 Å². The van der Waals surface area contributed by atoms with Crippen LogP contribution in [0.15, 0.2) is 303 Å². The van der Waals surface area contributed by atoms with Gasteiger partial charge in [0.2, 0.25) is 0 Å². The fourth-order valence-corrected chi connectivity index (χ4v) is 13.9. The zero-order valence-corrected chi connectivity index (χ0v) is 44.2. The largest absolute Gasteiger partial charge is 0.195 e. The number of rotatable bonds is 10. The summed E-state index contributed by atoms with van der Waals surface area (Å²) >= 11 is 0.